The maximum absolute atomic E-state index is 10.1. The van der Waals surface area contributed by atoms with Crippen molar-refractivity contribution in [1.82, 2.24) is 4.98 Å². The smallest absolute Gasteiger partial charge is 0.0860 e. The van der Waals surface area contributed by atoms with E-state index in [0.717, 1.165) is 5.69 Å². The first-order valence-corrected chi connectivity index (χ1v) is 5.84. The third-order valence-corrected chi connectivity index (χ3v) is 2.54. The van der Waals surface area contributed by atoms with Crippen molar-refractivity contribution in [3.63, 3.8) is 0 Å². The van der Waals surface area contributed by atoms with Gasteiger partial charge in [0, 0.05) is 24.9 Å². The molecule has 1 aromatic heterocycles. The van der Waals surface area contributed by atoms with E-state index in [1.165, 1.54) is 0 Å². The number of hydrogen-bond acceptors (Lipinski definition) is 3. The monoisotopic (exact) mass is 223 g/mol. The molecule has 0 saturated carbocycles. The summed E-state index contributed by atoms with van der Waals surface area (Å²) in [7, 11) is 0. The number of rotatable bonds is 6. The van der Waals surface area contributed by atoms with E-state index in [0.29, 0.717) is 18.9 Å². The Bertz CT molecular complexity index is 287. The first-order valence-electron chi connectivity index (χ1n) is 5.84. The molecule has 1 aromatic rings. The van der Waals surface area contributed by atoms with Gasteiger partial charge in [-0.2, -0.15) is 0 Å². The van der Waals surface area contributed by atoms with Gasteiger partial charge in [0.15, 0.2) is 0 Å². The van der Waals surface area contributed by atoms with Gasteiger partial charge in [0.25, 0.3) is 0 Å². The van der Waals surface area contributed by atoms with Gasteiger partial charge in [-0.15, -0.1) is 0 Å². The number of hydrogen-bond donors (Lipinski definition) is 1. The zero-order valence-electron chi connectivity index (χ0n) is 10.3. The van der Waals surface area contributed by atoms with Crippen LogP contribution in [0.1, 0.15) is 26.5 Å². The topological polar surface area (TPSA) is 42.4 Å². The van der Waals surface area contributed by atoms with E-state index in [2.05, 4.69) is 18.8 Å². The standard InChI is InChI=1S/C13H21NO2/c1-4-16-13(10(2)3)12(15)9-11-7-5-6-8-14-11/h5-8,10,12-13,15H,4,9H2,1-3H3. The fourth-order valence-corrected chi connectivity index (χ4v) is 1.79. The minimum Gasteiger partial charge on any atom is -0.390 e. The summed E-state index contributed by atoms with van der Waals surface area (Å²) < 4.78 is 5.56. The van der Waals surface area contributed by atoms with Crippen LogP contribution in [0, 0.1) is 5.92 Å². The van der Waals surface area contributed by atoms with E-state index in [4.69, 9.17) is 4.74 Å². The number of pyridine rings is 1. The summed E-state index contributed by atoms with van der Waals surface area (Å²) in [5, 5.41) is 10.1. The van der Waals surface area contributed by atoms with Crippen molar-refractivity contribution in [3.05, 3.63) is 30.1 Å². The summed E-state index contributed by atoms with van der Waals surface area (Å²) in [4.78, 5) is 4.21. The lowest BCUT2D eigenvalue weighted by molar-refractivity contribution is -0.0565. The van der Waals surface area contributed by atoms with Crippen LogP contribution in [-0.4, -0.2) is 28.9 Å². The average Bonchev–Trinajstić information content (AvgIpc) is 2.26. The van der Waals surface area contributed by atoms with Crippen molar-refractivity contribution < 1.29 is 9.84 Å². The predicted molar refractivity (Wildman–Crippen MR) is 64.2 cm³/mol. The molecule has 0 radical (unpaired) electrons. The molecule has 0 amide bonds. The maximum atomic E-state index is 10.1. The SMILES string of the molecule is CCOC(C(C)C)C(O)Cc1ccccn1. The predicted octanol–water partition coefficient (Wildman–Crippen LogP) is 2.05. The van der Waals surface area contributed by atoms with Crippen LogP contribution >= 0.6 is 0 Å². The highest BCUT2D eigenvalue weighted by Crippen LogP contribution is 2.14. The summed E-state index contributed by atoms with van der Waals surface area (Å²) in [6.07, 6.45) is 1.68. The Labute approximate surface area is 97.5 Å². The minimum atomic E-state index is -0.491. The Morgan fingerprint density at radius 3 is 2.62 bits per heavy atom. The highest BCUT2D eigenvalue weighted by atomic mass is 16.5. The second-order valence-electron chi connectivity index (χ2n) is 4.26. The number of ether oxygens (including phenoxy) is 1. The van der Waals surface area contributed by atoms with Gasteiger partial charge in [0.1, 0.15) is 0 Å². The molecule has 16 heavy (non-hydrogen) atoms. The molecule has 0 aliphatic heterocycles. The molecule has 90 valence electrons. The third-order valence-electron chi connectivity index (χ3n) is 2.54. The Morgan fingerprint density at radius 2 is 2.12 bits per heavy atom. The molecule has 0 aliphatic carbocycles. The molecular weight excluding hydrogens is 202 g/mol. The largest absolute Gasteiger partial charge is 0.390 e. The number of aliphatic hydroxyl groups excluding tert-OH is 1. The molecule has 1 heterocycles. The van der Waals surface area contributed by atoms with Gasteiger partial charge < -0.3 is 9.84 Å². The molecule has 2 atom stereocenters. The lowest BCUT2D eigenvalue weighted by Crippen LogP contribution is -2.35. The highest BCUT2D eigenvalue weighted by molar-refractivity contribution is 5.05. The summed E-state index contributed by atoms with van der Waals surface area (Å²) in [5.74, 6) is 0.304. The van der Waals surface area contributed by atoms with Crippen LogP contribution in [0.5, 0.6) is 0 Å². The summed E-state index contributed by atoms with van der Waals surface area (Å²) >= 11 is 0. The van der Waals surface area contributed by atoms with Gasteiger partial charge in [-0.05, 0) is 25.0 Å². The van der Waals surface area contributed by atoms with Crippen molar-refractivity contribution in [1.29, 1.82) is 0 Å². The molecular formula is C13H21NO2. The molecule has 1 rings (SSSR count). The first kappa shape index (κ1) is 13.1. The molecule has 1 N–H and O–H groups in total. The molecule has 0 aliphatic rings. The molecule has 2 unspecified atom stereocenters. The van der Waals surface area contributed by atoms with Crippen LogP contribution in [0.4, 0.5) is 0 Å². The van der Waals surface area contributed by atoms with E-state index >= 15 is 0 Å². The maximum Gasteiger partial charge on any atom is 0.0860 e. The van der Waals surface area contributed by atoms with Crippen molar-refractivity contribution in [3.8, 4) is 0 Å². The molecule has 3 heteroatoms. The van der Waals surface area contributed by atoms with Gasteiger partial charge in [-0.25, -0.2) is 0 Å². The van der Waals surface area contributed by atoms with Gasteiger partial charge in [0.2, 0.25) is 0 Å². The minimum absolute atomic E-state index is 0.119. The van der Waals surface area contributed by atoms with Crippen LogP contribution in [0.3, 0.4) is 0 Å². The lowest BCUT2D eigenvalue weighted by atomic mass is 9.98. The molecule has 0 fully saturated rings. The van der Waals surface area contributed by atoms with E-state index in [-0.39, 0.29) is 6.10 Å². The highest BCUT2D eigenvalue weighted by Gasteiger charge is 2.23. The van der Waals surface area contributed by atoms with Crippen molar-refractivity contribution in [2.45, 2.75) is 39.4 Å². The van der Waals surface area contributed by atoms with E-state index in [1.54, 1.807) is 6.20 Å². The summed E-state index contributed by atoms with van der Waals surface area (Å²) in [6, 6.07) is 5.73. The van der Waals surface area contributed by atoms with Crippen molar-refractivity contribution in [2.24, 2.45) is 5.92 Å². The van der Waals surface area contributed by atoms with E-state index < -0.39 is 6.10 Å². The van der Waals surface area contributed by atoms with Crippen molar-refractivity contribution in [2.75, 3.05) is 6.61 Å². The van der Waals surface area contributed by atoms with Gasteiger partial charge >= 0.3 is 0 Å². The normalized spacial score (nSPS) is 15.1. The number of aromatic nitrogens is 1. The molecule has 0 saturated heterocycles. The summed E-state index contributed by atoms with van der Waals surface area (Å²) in [5.41, 5.74) is 0.903. The zero-order chi connectivity index (χ0) is 12.0. The Balaban J connectivity index is 2.58. The fraction of sp³-hybridized carbons (Fsp3) is 0.615. The average molecular weight is 223 g/mol. The van der Waals surface area contributed by atoms with E-state index in [9.17, 15) is 5.11 Å². The van der Waals surface area contributed by atoms with Gasteiger partial charge in [-0.3, -0.25) is 4.98 Å². The summed E-state index contributed by atoms with van der Waals surface area (Å²) in [6.45, 7) is 6.69. The quantitative estimate of drug-likeness (QED) is 0.802. The van der Waals surface area contributed by atoms with Crippen LogP contribution in [-0.2, 0) is 11.2 Å². The lowest BCUT2D eigenvalue weighted by Gasteiger charge is -2.26. The Morgan fingerprint density at radius 1 is 1.38 bits per heavy atom. The van der Waals surface area contributed by atoms with E-state index in [1.807, 2.05) is 25.1 Å². The number of aliphatic hydroxyl groups is 1. The van der Waals surface area contributed by atoms with Gasteiger partial charge in [0.05, 0.1) is 12.2 Å². The number of nitrogens with zero attached hydrogens (tertiary/aromatic N) is 1. The first-order chi connectivity index (χ1) is 7.65. The van der Waals surface area contributed by atoms with Gasteiger partial charge in [-0.1, -0.05) is 19.9 Å². The fourth-order valence-electron chi connectivity index (χ4n) is 1.79. The molecule has 0 bridgehead atoms. The van der Waals surface area contributed by atoms with Crippen LogP contribution < -0.4 is 0 Å². The Kier molecular flexibility index (Phi) is 5.43. The molecule has 0 spiro atoms. The Hall–Kier alpha value is -0.930. The zero-order valence-corrected chi connectivity index (χ0v) is 10.3. The van der Waals surface area contributed by atoms with Crippen LogP contribution in [0.15, 0.2) is 24.4 Å². The van der Waals surface area contributed by atoms with Crippen molar-refractivity contribution >= 4 is 0 Å². The molecule has 3 nitrogen and oxygen atoms in total. The third kappa shape index (κ3) is 3.91. The second kappa shape index (κ2) is 6.61. The molecule has 0 aromatic carbocycles. The second-order valence-corrected chi connectivity index (χ2v) is 4.26. The van der Waals surface area contributed by atoms with Crippen LogP contribution in [0.25, 0.3) is 0 Å². The van der Waals surface area contributed by atoms with Crippen LogP contribution in [0.2, 0.25) is 0 Å².